The summed E-state index contributed by atoms with van der Waals surface area (Å²) in [7, 11) is -1.93. The number of fused-ring (bicyclic) bond motifs is 1. The van der Waals surface area contributed by atoms with Gasteiger partial charge in [0.15, 0.2) is 13.9 Å². The van der Waals surface area contributed by atoms with Crippen LogP contribution < -0.4 is 0 Å². The number of hydrogen-bond acceptors (Lipinski definition) is 3. The number of aromatic nitrogens is 1. The SMILES string of the molecule is C[Si](C)(C)OC(/C=C/c1ccccc1)(c1ccccc1)c1nc2ccccc2s1. The summed E-state index contributed by atoms with van der Waals surface area (Å²) < 4.78 is 8.12. The molecule has 29 heavy (non-hydrogen) atoms. The summed E-state index contributed by atoms with van der Waals surface area (Å²) in [5, 5.41) is 0.972. The van der Waals surface area contributed by atoms with Gasteiger partial charge in [0.2, 0.25) is 0 Å². The van der Waals surface area contributed by atoms with E-state index in [1.807, 2.05) is 18.2 Å². The van der Waals surface area contributed by atoms with Gasteiger partial charge in [0.05, 0.1) is 10.2 Å². The highest BCUT2D eigenvalue weighted by Gasteiger charge is 2.40. The van der Waals surface area contributed by atoms with Crippen molar-refractivity contribution in [2.75, 3.05) is 0 Å². The highest BCUT2D eigenvalue weighted by atomic mass is 32.1. The van der Waals surface area contributed by atoms with Gasteiger partial charge < -0.3 is 4.43 Å². The molecule has 2 nitrogen and oxygen atoms in total. The van der Waals surface area contributed by atoms with Crippen LogP contribution in [-0.2, 0) is 10.0 Å². The first-order valence-electron chi connectivity index (χ1n) is 9.82. The third-order valence-corrected chi connectivity index (χ3v) is 6.68. The highest BCUT2D eigenvalue weighted by molar-refractivity contribution is 7.18. The largest absolute Gasteiger partial charge is 0.399 e. The molecule has 0 aliphatic carbocycles. The fourth-order valence-electron chi connectivity index (χ4n) is 3.41. The Hall–Kier alpha value is -2.53. The van der Waals surface area contributed by atoms with Crippen LogP contribution in [0.25, 0.3) is 16.3 Å². The van der Waals surface area contributed by atoms with Gasteiger partial charge in [-0.25, -0.2) is 4.98 Å². The Balaban J connectivity index is 1.95. The standard InChI is InChI=1S/C25H25NOSSi/c1-29(2,3)27-25(21-14-8-5-9-15-21,19-18-20-12-6-4-7-13-20)24-26-22-16-10-11-17-23(22)28-24/h4-19H,1-3H3/b19-18+. The van der Waals surface area contributed by atoms with Crippen molar-refractivity contribution in [2.24, 2.45) is 0 Å². The molecule has 0 saturated carbocycles. The molecule has 0 fully saturated rings. The Morgan fingerprint density at radius 3 is 2.10 bits per heavy atom. The van der Waals surface area contributed by atoms with Gasteiger partial charge in [0.25, 0.3) is 0 Å². The number of para-hydroxylation sites is 1. The second-order valence-corrected chi connectivity index (χ2v) is 13.5. The van der Waals surface area contributed by atoms with Crippen LogP contribution in [0.5, 0.6) is 0 Å². The number of rotatable bonds is 6. The molecule has 1 unspecified atom stereocenters. The van der Waals surface area contributed by atoms with E-state index < -0.39 is 13.9 Å². The molecule has 1 aromatic heterocycles. The maximum Gasteiger partial charge on any atom is 0.185 e. The minimum Gasteiger partial charge on any atom is -0.399 e. The summed E-state index contributed by atoms with van der Waals surface area (Å²) in [4.78, 5) is 5.02. The summed E-state index contributed by atoms with van der Waals surface area (Å²) in [6.45, 7) is 6.69. The zero-order chi connectivity index (χ0) is 20.3. The Morgan fingerprint density at radius 2 is 1.45 bits per heavy atom. The van der Waals surface area contributed by atoms with Crippen molar-refractivity contribution in [2.45, 2.75) is 25.2 Å². The maximum atomic E-state index is 6.95. The molecule has 4 rings (SSSR count). The van der Waals surface area contributed by atoms with Crippen LogP contribution in [0.4, 0.5) is 0 Å². The second kappa shape index (κ2) is 8.07. The van der Waals surface area contributed by atoms with E-state index >= 15 is 0 Å². The van der Waals surface area contributed by atoms with Gasteiger partial charge in [-0.05, 0) is 49.0 Å². The second-order valence-electron chi connectivity index (χ2n) is 8.05. The normalized spacial score (nSPS) is 14.3. The van der Waals surface area contributed by atoms with Crippen LogP contribution in [0.15, 0.2) is 91.0 Å². The minimum absolute atomic E-state index is 0.717. The lowest BCUT2D eigenvalue weighted by molar-refractivity contribution is 0.156. The van der Waals surface area contributed by atoms with E-state index in [-0.39, 0.29) is 0 Å². The molecule has 0 aliphatic rings. The summed E-state index contributed by atoms with van der Waals surface area (Å²) in [5.41, 5.74) is 2.55. The molecule has 0 N–H and O–H groups in total. The van der Waals surface area contributed by atoms with Crippen LogP contribution in [0.3, 0.4) is 0 Å². The van der Waals surface area contributed by atoms with Crippen molar-refractivity contribution in [1.29, 1.82) is 0 Å². The summed E-state index contributed by atoms with van der Waals surface area (Å²) in [6, 6.07) is 29.1. The van der Waals surface area contributed by atoms with Gasteiger partial charge in [-0.15, -0.1) is 11.3 Å². The van der Waals surface area contributed by atoms with E-state index in [4.69, 9.17) is 9.41 Å². The predicted octanol–water partition coefficient (Wildman–Crippen LogP) is 7.10. The zero-order valence-corrected chi connectivity index (χ0v) is 18.8. The molecular formula is C25H25NOSSi. The number of thiazole rings is 1. The molecule has 0 saturated heterocycles. The lowest BCUT2D eigenvalue weighted by Crippen LogP contribution is -2.40. The van der Waals surface area contributed by atoms with Gasteiger partial charge in [-0.3, -0.25) is 0 Å². The lowest BCUT2D eigenvalue weighted by Gasteiger charge is -2.36. The molecule has 0 radical (unpaired) electrons. The van der Waals surface area contributed by atoms with E-state index in [0.29, 0.717) is 0 Å². The number of nitrogens with zero attached hydrogens (tertiary/aromatic N) is 1. The van der Waals surface area contributed by atoms with Crippen molar-refractivity contribution >= 4 is 35.9 Å². The third kappa shape index (κ3) is 4.40. The summed E-state index contributed by atoms with van der Waals surface area (Å²) >= 11 is 1.71. The van der Waals surface area contributed by atoms with Crippen molar-refractivity contribution in [3.05, 3.63) is 107 Å². The van der Waals surface area contributed by atoms with E-state index in [9.17, 15) is 0 Å². The van der Waals surface area contributed by atoms with Crippen molar-refractivity contribution in [3.63, 3.8) is 0 Å². The Labute approximate surface area is 177 Å². The fourth-order valence-corrected chi connectivity index (χ4v) is 5.82. The molecule has 4 aromatic rings. The van der Waals surface area contributed by atoms with Crippen LogP contribution >= 0.6 is 11.3 Å². The van der Waals surface area contributed by atoms with E-state index in [1.165, 1.54) is 4.70 Å². The van der Waals surface area contributed by atoms with E-state index in [0.717, 1.165) is 21.7 Å². The first-order valence-corrected chi connectivity index (χ1v) is 14.0. The molecule has 0 bridgehead atoms. The molecule has 0 amide bonds. The Bertz CT molecular complexity index is 1080. The Kier molecular flexibility index (Phi) is 5.50. The van der Waals surface area contributed by atoms with E-state index in [1.54, 1.807) is 11.3 Å². The zero-order valence-electron chi connectivity index (χ0n) is 17.0. The monoisotopic (exact) mass is 415 g/mol. The average Bonchev–Trinajstić information content (AvgIpc) is 3.16. The van der Waals surface area contributed by atoms with Crippen LogP contribution in [0.1, 0.15) is 16.1 Å². The minimum atomic E-state index is -1.93. The predicted molar refractivity (Wildman–Crippen MR) is 127 cm³/mol. The summed E-state index contributed by atoms with van der Waals surface area (Å²) in [5.74, 6) is 0. The average molecular weight is 416 g/mol. The van der Waals surface area contributed by atoms with Crippen LogP contribution in [0, 0.1) is 0 Å². The van der Waals surface area contributed by atoms with Crippen molar-refractivity contribution in [3.8, 4) is 0 Å². The van der Waals surface area contributed by atoms with Gasteiger partial charge in [0.1, 0.15) is 5.01 Å². The molecule has 1 atom stereocenters. The van der Waals surface area contributed by atoms with Crippen LogP contribution in [0.2, 0.25) is 19.6 Å². The molecule has 4 heteroatoms. The highest BCUT2D eigenvalue weighted by Crippen LogP contribution is 2.42. The first-order chi connectivity index (χ1) is 14.0. The van der Waals surface area contributed by atoms with Gasteiger partial charge in [-0.1, -0.05) is 78.9 Å². The van der Waals surface area contributed by atoms with Gasteiger partial charge >= 0.3 is 0 Å². The molecule has 1 heterocycles. The molecule has 0 spiro atoms. The van der Waals surface area contributed by atoms with E-state index in [2.05, 4.69) is 98.5 Å². The maximum absolute atomic E-state index is 6.95. The first kappa shape index (κ1) is 19.8. The smallest absolute Gasteiger partial charge is 0.185 e. The van der Waals surface area contributed by atoms with Crippen molar-refractivity contribution in [1.82, 2.24) is 4.98 Å². The lowest BCUT2D eigenvalue weighted by atomic mass is 9.93. The van der Waals surface area contributed by atoms with Gasteiger partial charge in [-0.2, -0.15) is 0 Å². The van der Waals surface area contributed by atoms with Gasteiger partial charge in [0, 0.05) is 0 Å². The quantitative estimate of drug-likeness (QED) is 0.313. The summed E-state index contributed by atoms with van der Waals surface area (Å²) in [6.07, 6.45) is 4.34. The molecule has 0 aliphatic heterocycles. The number of benzene rings is 3. The van der Waals surface area contributed by atoms with Crippen LogP contribution in [-0.4, -0.2) is 13.3 Å². The third-order valence-electron chi connectivity index (χ3n) is 4.59. The fraction of sp³-hybridized carbons (Fsp3) is 0.160. The Morgan fingerprint density at radius 1 is 0.828 bits per heavy atom. The van der Waals surface area contributed by atoms with Crippen molar-refractivity contribution < 1.29 is 4.43 Å². The molecule has 3 aromatic carbocycles. The number of hydrogen-bond donors (Lipinski definition) is 0. The molecule has 146 valence electrons. The molecular weight excluding hydrogens is 390 g/mol. The topological polar surface area (TPSA) is 22.1 Å².